The summed E-state index contributed by atoms with van der Waals surface area (Å²) in [6.07, 6.45) is 1.27. The molecular weight excluding hydrogens is 228 g/mol. The largest absolute Gasteiger partial charge is 0.480 e. The van der Waals surface area contributed by atoms with Crippen molar-refractivity contribution >= 4 is 5.97 Å². The van der Waals surface area contributed by atoms with E-state index in [4.69, 9.17) is 5.11 Å². The first-order valence-corrected chi connectivity index (χ1v) is 7.09. The third-order valence-corrected chi connectivity index (χ3v) is 3.76. The summed E-state index contributed by atoms with van der Waals surface area (Å²) < 4.78 is 0. The monoisotopic (exact) mass is 256 g/mol. The zero-order valence-corrected chi connectivity index (χ0v) is 12.2. The number of piperazine rings is 1. The summed E-state index contributed by atoms with van der Waals surface area (Å²) in [7, 11) is 0. The van der Waals surface area contributed by atoms with Gasteiger partial charge in [-0.15, -0.1) is 0 Å². The maximum Gasteiger partial charge on any atom is 0.320 e. The van der Waals surface area contributed by atoms with Gasteiger partial charge in [-0.25, -0.2) is 0 Å². The molecule has 0 aromatic carbocycles. The van der Waals surface area contributed by atoms with Crippen LogP contribution in [0.4, 0.5) is 0 Å². The molecule has 1 aliphatic rings. The molecule has 1 saturated heterocycles. The van der Waals surface area contributed by atoms with E-state index < -0.39 is 5.97 Å². The molecule has 4 nitrogen and oxygen atoms in total. The molecule has 0 spiro atoms. The van der Waals surface area contributed by atoms with E-state index in [2.05, 4.69) is 30.6 Å². The van der Waals surface area contributed by atoms with Gasteiger partial charge in [0.15, 0.2) is 0 Å². The van der Waals surface area contributed by atoms with Gasteiger partial charge in [-0.05, 0) is 25.2 Å². The summed E-state index contributed by atoms with van der Waals surface area (Å²) in [5, 5.41) is 8.99. The van der Waals surface area contributed by atoms with E-state index in [1.54, 1.807) is 6.92 Å². The van der Waals surface area contributed by atoms with E-state index in [1.807, 2.05) is 0 Å². The van der Waals surface area contributed by atoms with Gasteiger partial charge in [0.05, 0.1) is 0 Å². The lowest BCUT2D eigenvalue weighted by atomic mass is 9.98. The Balaban J connectivity index is 2.29. The van der Waals surface area contributed by atoms with E-state index in [1.165, 1.54) is 6.42 Å². The quantitative estimate of drug-likeness (QED) is 0.786. The number of carboxylic acids is 1. The zero-order chi connectivity index (χ0) is 13.7. The average Bonchev–Trinajstić information content (AvgIpc) is 2.27. The summed E-state index contributed by atoms with van der Waals surface area (Å²) in [5.41, 5.74) is 0. The van der Waals surface area contributed by atoms with E-state index in [0.29, 0.717) is 0 Å². The number of carboxylic acid groups (broad SMARTS) is 1. The lowest BCUT2D eigenvalue weighted by Crippen LogP contribution is -2.52. The van der Waals surface area contributed by atoms with Crippen LogP contribution in [0.2, 0.25) is 0 Å². The fraction of sp³-hybridized carbons (Fsp3) is 0.929. The van der Waals surface area contributed by atoms with Gasteiger partial charge in [0.1, 0.15) is 6.04 Å². The SMILES string of the molecule is CC(C)CC(C)CN1CCN(C(C)C(=O)O)CC1. The Labute approximate surface area is 111 Å². The fourth-order valence-corrected chi connectivity index (χ4v) is 2.81. The molecule has 0 radical (unpaired) electrons. The molecule has 1 rings (SSSR count). The molecule has 0 aromatic rings. The van der Waals surface area contributed by atoms with Gasteiger partial charge in [-0.3, -0.25) is 9.69 Å². The smallest absolute Gasteiger partial charge is 0.320 e. The van der Waals surface area contributed by atoms with Crippen LogP contribution in [0.25, 0.3) is 0 Å². The van der Waals surface area contributed by atoms with Crippen LogP contribution in [0.1, 0.15) is 34.1 Å². The van der Waals surface area contributed by atoms with Crippen LogP contribution < -0.4 is 0 Å². The Kier molecular flexibility index (Phi) is 6.09. The first kappa shape index (κ1) is 15.4. The van der Waals surface area contributed by atoms with Crippen LogP contribution in [-0.4, -0.2) is 59.6 Å². The Bertz CT molecular complexity index is 261. The third kappa shape index (κ3) is 4.94. The summed E-state index contributed by atoms with van der Waals surface area (Å²) in [5.74, 6) is 0.776. The van der Waals surface area contributed by atoms with E-state index in [0.717, 1.165) is 44.6 Å². The highest BCUT2D eigenvalue weighted by Gasteiger charge is 2.25. The molecule has 2 unspecified atom stereocenters. The molecule has 0 aromatic heterocycles. The van der Waals surface area contributed by atoms with Gasteiger partial charge in [0.2, 0.25) is 0 Å². The molecule has 2 atom stereocenters. The molecular formula is C14H28N2O2. The van der Waals surface area contributed by atoms with Crippen molar-refractivity contribution in [2.75, 3.05) is 32.7 Å². The van der Waals surface area contributed by atoms with Crippen molar-refractivity contribution in [3.05, 3.63) is 0 Å². The van der Waals surface area contributed by atoms with Gasteiger partial charge < -0.3 is 10.0 Å². The summed E-state index contributed by atoms with van der Waals surface area (Å²) in [4.78, 5) is 15.5. The molecule has 0 aliphatic carbocycles. The minimum Gasteiger partial charge on any atom is -0.480 e. The highest BCUT2D eigenvalue weighted by Crippen LogP contribution is 2.14. The highest BCUT2D eigenvalue weighted by molar-refractivity contribution is 5.72. The number of rotatable bonds is 6. The van der Waals surface area contributed by atoms with E-state index in [9.17, 15) is 4.79 Å². The molecule has 0 saturated carbocycles. The lowest BCUT2D eigenvalue weighted by molar-refractivity contribution is -0.143. The third-order valence-electron chi connectivity index (χ3n) is 3.76. The van der Waals surface area contributed by atoms with Crippen molar-refractivity contribution in [1.29, 1.82) is 0 Å². The second-order valence-corrected chi connectivity index (χ2v) is 6.09. The molecule has 0 bridgehead atoms. The predicted molar refractivity (Wildman–Crippen MR) is 73.7 cm³/mol. The van der Waals surface area contributed by atoms with Gasteiger partial charge in [-0.2, -0.15) is 0 Å². The van der Waals surface area contributed by atoms with Gasteiger partial charge in [0.25, 0.3) is 0 Å². The maximum absolute atomic E-state index is 10.9. The molecule has 106 valence electrons. The Morgan fingerprint density at radius 3 is 2.11 bits per heavy atom. The number of aliphatic carboxylic acids is 1. The van der Waals surface area contributed by atoms with Crippen LogP contribution in [0.5, 0.6) is 0 Å². The van der Waals surface area contributed by atoms with Crippen LogP contribution in [-0.2, 0) is 4.79 Å². The number of hydrogen-bond donors (Lipinski definition) is 1. The van der Waals surface area contributed by atoms with Crippen molar-refractivity contribution < 1.29 is 9.90 Å². The summed E-state index contributed by atoms with van der Waals surface area (Å²) >= 11 is 0. The first-order valence-electron chi connectivity index (χ1n) is 7.09. The normalized spacial score (nSPS) is 22.1. The maximum atomic E-state index is 10.9. The summed E-state index contributed by atoms with van der Waals surface area (Å²) in [6.45, 7) is 13.5. The topological polar surface area (TPSA) is 43.8 Å². The van der Waals surface area contributed by atoms with Crippen LogP contribution in [0.3, 0.4) is 0 Å². The van der Waals surface area contributed by atoms with Crippen molar-refractivity contribution in [1.82, 2.24) is 9.80 Å². The highest BCUT2D eigenvalue weighted by atomic mass is 16.4. The van der Waals surface area contributed by atoms with Gasteiger partial charge in [-0.1, -0.05) is 20.8 Å². The first-order chi connectivity index (χ1) is 8.40. The number of carbonyl (C=O) groups is 1. The molecule has 4 heteroatoms. The molecule has 1 aliphatic heterocycles. The average molecular weight is 256 g/mol. The lowest BCUT2D eigenvalue weighted by Gasteiger charge is -2.37. The van der Waals surface area contributed by atoms with Gasteiger partial charge in [0, 0.05) is 32.7 Å². The zero-order valence-electron chi connectivity index (χ0n) is 12.2. The number of hydrogen-bond acceptors (Lipinski definition) is 3. The molecule has 18 heavy (non-hydrogen) atoms. The second kappa shape index (κ2) is 7.10. The molecule has 1 fully saturated rings. The van der Waals surface area contributed by atoms with E-state index in [-0.39, 0.29) is 6.04 Å². The fourth-order valence-electron chi connectivity index (χ4n) is 2.81. The van der Waals surface area contributed by atoms with Crippen LogP contribution in [0, 0.1) is 11.8 Å². The molecule has 1 heterocycles. The summed E-state index contributed by atoms with van der Waals surface area (Å²) in [6, 6.07) is -0.347. The minimum absolute atomic E-state index is 0.347. The van der Waals surface area contributed by atoms with Crippen molar-refractivity contribution in [3.63, 3.8) is 0 Å². The Morgan fingerprint density at radius 1 is 1.11 bits per heavy atom. The number of nitrogens with zero attached hydrogens (tertiary/aromatic N) is 2. The van der Waals surface area contributed by atoms with Gasteiger partial charge >= 0.3 is 5.97 Å². The van der Waals surface area contributed by atoms with E-state index >= 15 is 0 Å². The second-order valence-electron chi connectivity index (χ2n) is 6.09. The van der Waals surface area contributed by atoms with Crippen LogP contribution >= 0.6 is 0 Å². The van der Waals surface area contributed by atoms with Crippen molar-refractivity contribution in [2.45, 2.75) is 40.2 Å². The standard InChI is InChI=1S/C14H28N2O2/c1-11(2)9-12(3)10-15-5-7-16(8-6-15)13(4)14(17)18/h11-13H,5-10H2,1-4H3,(H,17,18). The van der Waals surface area contributed by atoms with Crippen molar-refractivity contribution in [3.8, 4) is 0 Å². The van der Waals surface area contributed by atoms with Crippen LogP contribution in [0.15, 0.2) is 0 Å². The minimum atomic E-state index is -0.711. The Morgan fingerprint density at radius 2 is 1.67 bits per heavy atom. The Hall–Kier alpha value is -0.610. The predicted octanol–water partition coefficient (Wildman–Crippen LogP) is 1.76. The molecule has 0 amide bonds. The van der Waals surface area contributed by atoms with Crippen molar-refractivity contribution in [2.24, 2.45) is 11.8 Å². The molecule has 1 N–H and O–H groups in total.